The van der Waals surface area contributed by atoms with Crippen molar-refractivity contribution < 1.29 is 9.90 Å². The zero-order valence-electron chi connectivity index (χ0n) is 15.9. The highest BCUT2D eigenvalue weighted by molar-refractivity contribution is 7.99. The van der Waals surface area contributed by atoms with Gasteiger partial charge in [-0.2, -0.15) is 5.26 Å². The van der Waals surface area contributed by atoms with Crippen LogP contribution in [0.1, 0.15) is 17.4 Å². The first-order valence-corrected chi connectivity index (χ1v) is 10.4. The van der Waals surface area contributed by atoms with E-state index in [4.69, 9.17) is 5.26 Å². The van der Waals surface area contributed by atoms with Crippen LogP contribution in [0.3, 0.4) is 0 Å². The molecule has 3 aromatic rings. The molecule has 29 heavy (non-hydrogen) atoms. The number of aryl methyl sites for hydroxylation is 1. The number of nitrogens with one attached hydrogen (secondary N) is 1. The molecule has 1 fully saturated rings. The summed E-state index contributed by atoms with van der Waals surface area (Å²) in [5, 5.41) is 23.6. The van der Waals surface area contributed by atoms with Crippen LogP contribution >= 0.6 is 11.8 Å². The quantitative estimate of drug-likeness (QED) is 0.631. The van der Waals surface area contributed by atoms with Crippen molar-refractivity contribution in [3.8, 4) is 11.8 Å². The van der Waals surface area contributed by atoms with Crippen LogP contribution in [0.4, 0.5) is 0 Å². The van der Waals surface area contributed by atoms with Crippen molar-refractivity contribution in [3.05, 3.63) is 60.0 Å². The second-order valence-electron chi connectivity index (χ2n) is 6.99. The molecular weight excluding hydrogens is 386 g/mol. The van der Waals surface area contributed by atoms with E-state index in [2.05, 4.69) is 16.4 Å². The number of aliphatic hydroxyl groups is 1. The van der Waals surface area contributed by atoms with Gasteiger partial charge in [0.05, 0.1) is 24.0 Å². The van der Waals surface area contributed by atoms with E-state index in [-0.39, 0.29) is 12.5 Å². The molecule has 2 N–H and O–H groups in total. The summed E-state index contributed by atoms with van der Waals surface area (Å²) < 4.78 is 2.02. The fraction of sp³-hybridized carbons (Fsp3) is 0.286. The maximum atomic E-state index is 12.4. The number of aromatic nitrogens is 2. The van der Waals surface area contributed by atoms with E-state index < -0.39 is 12.3 Å². The third kappa shape index (κ3) is 3.98. The summed E-state index contributed by atoms with van der Waals surface area (Å²) in [5.74, 6) is 0.941. The minimum atomic E-state index is -1.03. The van der Waals surface area contributed by atoms with Crippen LogP contribution in [-0.2, 0) is 4.79 Å². The number of thioether (sulfide) groups is 1. The lowest BCUT2D eigenvalue weighted by atomic mass is 10.1. The smallest absolute Gasteiger partial charge is 0.238 e. The number of fused-ring (bicyclic) bond motifs is 1. The Hall–Kier alpha value is -2.86. The van der Waals surface area contributed by atoms with Crippen molar-refractivity contribution in [2.45, 2.75) is 19.2 Å². The minimum absolute atomic E-state index is 0.0415. The second kappa shape index (κ2) is 8.25. The summed E-state index contributed by atoms with van der Waals surface area (Å²) >= 11 is 1.56. The Morgan fingerprint density at radius 1 is 1.45 bits per heavy atom. The molecule has 148 valence electrons. The summed E-state index contributed by atoms with van der Waals surface area (Å²) in [5.41, 5.74) is 3.55. The molecule has 1 aliphatic heterocycles. The van der Waals surface area contributed by atoms with E-state index in [9.17, 15) is 9.90 Å². The molecule has 0 aliphatic carbocycles. The number of nitrogens with zero attached hydrogens (tertiary/aromatic N) is 4. The Labute approximate surface area is 173 Å². The summed E-state index contributed by atoms with van der Waals surface area (Å²) in [6.45, 7) is 1.99. The molecule has 1 saturated heterocycles. The SMILES string of the molecule is Cc1ccn(-c2ccc3nccc(C(O)NCC(=O)N4CSC[C@H]4C#N)c3c2)c1. The number of nitriles is 1. The molecule has 0 saturated carbocycles. The van der Waals surface area contributed by atoms with Crippen molar-refractivity contribution in [2.24, 2.45) is 0 Å². The number of pyridine rings is 1. The van der Waals surface area contributed by atoms with Gasteiger partial charge in [-0.25, -0.2) is 0 Å². The molecular formula is C21H21N5O2S. The number of rotatable bonds is 5. The molecule has 1 aliphatic rings. The van der Waals surface area contributed by atoms with E-state index >= 15 is 0 Å². The average Bonchev–Trinajstić information content (AvgIpc) is 3.39. The predicted molar refractivity (Wildman–Crippen MR) is 112 cm³/mol. The highest BCUT2D eigenvalue weighted by Gasteiger charge is 2.29. The van der Waals surface area contributed by atoms with Gasteiger partial charge in [0.2, 0.25) is 5.91 Å². The summed E-state index contributed by atoms with van der Waals surface area (Å²) in [6, 6.07) is 11.4. The molecule has 0 radical (unpaired) electrons. The fourth-order valence-electron chi connectivity index (χ4n) is 3.41. The minimum Gasteiger partial charge on any atom is -0.374 e. The van der Waals surface area contributed by atoms with Gasteiger partial charge in [-0.05, 0) is 42.8 Å². The maximum Gasteiger partial charge on any atom is 0.238 e. The van der Waals surface area contributed by atoms with Gasteiger partial charge < -0.3 is 14.6 Å². The topological polar surface area (TPSA) is 94.2 Å². The number of benzene rings is 1. The Morgan fingerprint density at radius 3 is 3.07 bits per heavy atom. The van der Waals surface area contributed by atoms with Gasteiger partial charge in [-0.1, -0.05) is 0 Å². The zero-order chi connectivity index (χ0) is 20.4. The van der Waals surface area contributed by atoms with Gasteiger partial charge >= 0.3 is 0 Å². The van der Waals surface area contributed by atoms with Crippen molar-refractivity contribution in [1.82, 2.24) is 19.8 Å². The lowest BCUT2D eigenvalue weighted by Gasteiger charge is -2.21. The van der Waals surface area contributed by atoms with Gasteiger partial charge in [0.15, 0.2) is 0 Å². The van der Waals surface area contributed by atoms with Gasteiger partial charge in [-0.15, -0.1) is 11.8 Å². The van der Waals surface area contributed by atoms with Crippen LogP contribution in [-0.4, -0.2) is 49.7 Å². The normalized spacial score (nSPS) is 17.4. The van der Waals surface area contributed by atoms with Crippen LogP contribution in [0.15, 0.2) is 48.9 Å². The number of hydrogen-bond donors (Lipinski definition) is 2. The number of carbonyl (C=O) groups excluding carboxylic acids is 1. The highest BCUT2D eigenvalue weighted by atomic mass is 32.2. The molecule has 2 aromatic heterocycles. The van der Waals surface area contributed by atoms with Crippen LogP contribution < -0.4 is 5.32 Å². The predicted octanol–water partition coefficient (Wildman–Crippen LogP) is 2.34. The van der Waals surface area contributed by atoms with Crippen LogP contribution in [0.2, 0.25) is 0 Å². The summed E-state index contributed by atoms with van der Waals surface area (Å²) in [7, 11) is 0. The van der Waals surface area contributed by atoms with E-state index in [0.717, 1.165) is 22.2 Å². The standard InChI is InChI=1S/C21H21N5O2S/c1-14-5-7-25(11-14)15-2-3-19-18(8-15)17(4-6-23-19)21(28)24-10-20(27)26-13-29-12-16(26)9-22/h2-8,11,16,21,24,28H,10,12-13H2,1H3/t16-,21?/m1/s1. The molecule has 8 heteroatoms. The van der Waals surface area contributed by atoms with Crippen LogP contribution in [0, 0.1) is 18.3 Å². The van der Waals surface area contributed by atoms with Gasteiger partial charge in [-0.3, -0.25) is 15.1 Å². The van der Waals surface area contributed by atoms with Crippen LogP contribution in [0.5, 0.6) is 0 Å². The molecule has 0 spiro atoms. The number of aliphatic hydroxyl groups excluding tert-OH is 1. The second-order valence-corrected chi connectivity index (χ2v) is 7.99. The molecule has 0 bridgehead atoms. The maximum absolute atomic E-state index is 12.4. The first kappa shape index (κ1) is 19.5. The molecule has 4 rings (SSSR count). The third-order valence-electron chi connectivity index (χ3n) is 4.99. The molecule has 3 heterocycles. The molecule has 1 amide bonds. The highest BCUT2D eigenvalue weighted by Crippen LogP contribution is 2.25. The third-order valence-corrected chi connectivity index (χ3v) is 6.00. The molecule has 1 aromatic carbocycles. The first-order valence-electron chi connectivity index (χ1n) is 9.29. The van der Waals surface area contributed by atoms with Crippen LogP contribution in [0.25, 0.3) is 16.6 Å². The van der Waals surface area contributed by atoms with E-state index in [0.29, 0.717) is 17.2 Å². The Bertz CT molecular complexity index is 1090. The largest absolute Gasteiger partial charge is 0.374 e. The Kier molecular flexibility index (Phi) is 5.53. The fourth-order valence-corrected chi connectivity index (χ4v) is 4.51. The van der Waals surface area contributed by atoms with Crippen molar-refractivity contribution in [1.29, 1.82) is 5.26 Å². The summed E-state index contributed by atoms with van der Waals surface area (Å²) in [4.78, 5) is 18.4. The molecule has 7 nitrogen and oxygen atoms in total. The van der Waals surface area contributed by atoms with E-state index in [1.165, 1.54) is 0 Å². The lowest BCUT2D eigenvalue weighted by Crippen LogP contribution is -2.42. The monoisotopic (exact) mass is 407 g/mol. The van der Waals surface area contributed by atoms with E-state index in [1.807, 2.05) is 48.1 Å². The Balaban J connectivity index is 1.55. The Morgan fingerprint density at radius 2 is 2.31 bits per heavy atom. The number of hydrogen-bond acceptors (Lipinski definition) is 6. The number of carbonyl (C=O) groups is 1. The average molecular weight is 407 g/mol. The number of amides is 1. The van der Waals surface area contributed by atoms with Crippen molar-refractivity contribution >= 4 is 28.6 Å². The lowest BCUT2D eigenvalue weighted by molar-refractivity contribution is -0.130. The summed E-state index contributed by atoms with van der Waals surface area (Å²) in [6.07, 6.45) is 4.64. The van der Waals surface area contributed by atoms with E-state index in [1.54, 1.807) is 28.9 Å². The van der Waals surface area contributed by atoms with Gasteiger partial charge in [0, 0.05) is 41.0 Å². The zero-order valence-corrected chi connectivity index (χ0v) is 16.8. The van der Waals surface area contributed by atoms with Crippen molar-refractivity contribution in [2.75, 3.05) is 18.2 Å². The van der Waals surface area contributed by atoms with Crippen molar-refractivity contribution in [3.63, 3.8) is 0 Å². The van der Waals surface area contributed by atoms with Gasteiger partial charge in [0.25, 0.3) is 0 Å². The molecule has 1 unspecified atom stereocenters. The van der Waals surface area contributed by atoms with Gasteiger partial charge in [0.1, 0.15) is 12.3 Å². The molecule has 2 atom stereocenters. The first-order chi connectivity index (χ1) is 14.1.